The summed E-state index contributed by atoms with van der Waals surface area (Å²) < 4.78 is 10.5. The highest BCUT2D eigenvalue weighted by molar-refractivity contribution is 5.98. The molecule has 0 unspecified atom stereocenters. The first-order chi connectivity index (χ1) is 21.9. The van der Waals surface area contributed by atoms with E-state index in [0.717, 1.165) is 24.5 Å². The summed E-state index contributed by atoms with van der Waals surface area (Å²) in [5, 5.41) is 27.7. The van der Waals surface area contributed by atoms with Crippen molar-refractivity contribution in [3.8, 4) is 18.2 Å². The molecule has 0 radical (unpaired) electrons. The second kappa shape index (κ2) is 20.3. The van der Waals surface area contributed by atoms with Gasteiger partial charge in [0.2, 0.25) is 6.54 Å². The Kier molecular flexibility index (Phi) is 16.1. The quantitative estimate of drug-likeness (QED) is 0.0664. The van der Waals surface area contributed by atoms with E-state index in [4.69, 9.17) is 21.3 Å². The van der Waals surface area contributed by atoms with Crippen LogP contribution in [0, 0.1) is 40.6 Å². The van der Waals surface area contributed by atoms with Crippen LogP contribution in [0.25, 0.3) is 17.0 Å². The van der Waals surface area contributed by atoms with Crippen LogP contribution in [0.5, 0.6) is 0 Å². The minimum atomic E-state index is -0.709. The Bertz CT molecular complexity index is 1370. The lowest BCUT2D eigenvalue weighted by atomic mass is 10.1. The molecule has 2 aromatic carbocycles. The predicted molar refractivity (Wildman–Crippen MR) is 173 cm³/mol. The van der Waals surface area contributed by atoms with Crippen LogP contribution in [0.3, 0.4) is 0 Å². The number of carbonyl (C=O) groups excluding carboxylic acids is 2. The van der Waals surface area contributed by atoms with Crippen LogP contribution in [0.4, 0.5) is 11.4 Å². The minimum Gasteiger partial charge on any atom is -0.462 e. The van der Waals surface area contributed by atoms with Crippen molar-refractivity contribution < 1.29 is 19.1 Å². The van der Waals surface area contributed by atoms with E-state index < -0.39 is 11.9 Å². The van der Waals surface area contributed by atoms with Crippen molar-refractivity contribution in [1.29, 1.82) is 15.8 Å². The largest absolute Gasteiger partial charge is 0.462 e. The van der Waals surface area contributed by atoms with Gasteiger partial charge < -0.3 is 24.1 Å². The number of nitrogens with zero attached hydrogens (tertiary/aromatic N) is 6. The number of carbonyl (C=O) groups is 2. The van der Waals surface area contributed by atoms with Gasteiger partial charge in [-0.05, 0) is 80.7 Å². The highest BCUT2D eigenvalue weighted by atomic mass is 16.5. The molecule has 0 spiro atoms. The van der Waals surface area contributed by atoms with Gasteiger partial charge in [-0.25, -0.2) is 16.2 Å². The predicted octanol–water partition coefficient (Wildman–Crippen LogP) is 5.94. The molecule has 2 aromatic rings. The number of esters is 2. The third-order valence-electron chi connectivity index (χ3n) is 6.81. The first kappa shape index (κ1) is 35.6. The average Bonchev–Trinajstić information content (AvgIpc) is 3.07. The van der Waals surface area contributed by atoms with E-state index in [1.807, 2.05) is 62.4 Å². The molecule has 0 atom stereocenters. The summed E-state index contributed by atoms with van der Waals surface area (Å²) in [7, 11) is 0. The Hall–Kier alpha value is -5.58. The van der Waals surface area contributed by atoms with Crippen LogP contribution < -0.4 is 9.80 Å². The average molecular weight is 607 g/mol. The van der Waals surface area contributed by atoms with E-state index in [9.17, 15) is 20.1 Å². The van der Waals surface area contributed by atoms with Crippen molar-refractivity contribution in [3.05, 3.63) is 82.2 Å². The van der Waals surface area contributed by atoms with E-state index >= 15 is 0 Å². The first-order valence-corrected chi connectivity index (χ1v) is 14.9. The van der Waals surface area contributed by atoms with Crippen LogP contribution >= 0.6 is 0 Å². The van der Waals surface area contributed by atoms with Crippen molar-refractivity contribution >= 4 is 35.5 Å². The van der Waals surface area contributed by atoms with E-state index in [2.05, 4.69) is 20.7 Å². The normalized spacial score (nSPS) is 10.9. The van der Waals surface area contributed by atoms with Gasteiger partial charge in [-0.2, -0.15) is 15.8 Å². The lowest BCUT2D eigenvalue weighted by Crippen LogP contribution is -2.25. The maximum absolute atomic E-state index is 12.4. The molecule has 0 amide bonds. The molecule has 0 aliphatic rings. The summed E-state index contributed by atoms with van der Waals surface area (Å²) in [6.07, 6.45) is 5.03. The topological polar surface area (TPSA) is 135 Å². The summed E-state index contributed by atoms with van der Waals surface area (Å²) in [5.41, 5.74) is 3.07. The molecule has 10 nitrogen and oxygen atoms in total. The fourth-order valence-electron chi connectivity index (χ4n) is 4.33. The van der Waals surface area contributed by atoms with Gasteiger partial charge in [0.05, 0.1) is 32.2 Å². The zero-order valence-electron chi connectivity index (χ0n) is 25.9. The fraction of sp³-hybridized carbons (Fsp3) is 0.371. The number of hydrogen-bond acceptors (Lipinski definition) is 9. The molecule has 0 saturated carbocycles. The number of rotatable bonds is 18. The maximum Gasteiger partial charge on any atom is 0.348 e. The number of ether oxygens (including phenoxy) is 2. The minimum absolute atomic E-state index is 0.107. The van der Waals surface area contributed by atoms with Crippen molar-refractivity contribution in [1.82, 2.24) is 0 Å². The van der Waals surface area contributed by atoms with Gasteiger partial charge in [-0.3, -0.25) is 0 Å². The van der Waals surface area contributed by atoms with Crippen molar-refractivity contribution in [2.75, 3.05) is 55.7 Å². The Morgan fingerprint density at radius 2 is 1.20 bits per heavy atom. The number of unbranched alkanes of at least 4 members (excludes halogenated alkanes) is 2. The molecule has 45 heavy (non-hydrogen) atoms. The molecular formula is C35H38N6O4. The monoisotopic (exact) mass is 606 g/mol. The second-order valence-corrected chi connectivity index (χ2v) is 9.80. The maximum atomic E-state index is 12.4. The number of hydrogen-bond donors (Lipinski definition) is 0. The van der Waals surface area contributed by atoms with Crippen molar-refractivity contribution in [2.45, 2.75) is 39.5 Å². The fourth-order valence-corrected chi connectivity index (χ4v) is 4.33. The van der Waals surface area contributed by atoms with E-state index in [1.165, 1.54) is 12.2 Å². The Labute approximate surface area is 265 Å². The molecule has 0 aliphatic carbocycles. The van der Waals surface area contributed by atoms with Gasteiger partial charge in [0.25, 0.3) is 0 Å². The van der Waals surface area contributed by atoms with Gasteiger partial charge in [0.15, 0.2) is 0 Å². The molecular weight excluding hydrogens is 568 g/mol. The molecule has 0 bridgehead atoms. The van der Waals surface area contributed by atoms with Crippen LogP contribution in [0.15, 0.2) is 59.7 Å². The molecule has 0 aromatic heterocycles. The molecule has 0 aliphatic heterocycles. The van der Waals surface area contributed by atoms with Crippen LogP contribution in [0.1, 0.15) is 50.7 Å². The van der Waals surface area contributed by atoms with Crippen LogP contribution in [0.2, 0.25) is 0 Å². The van der Waals surface area contributed by atoms with Gasteiger partial charge in [0.1, 0.15) is 23.3 Å². The van der Waals surface area contributed by atoms with Gasteiger partial charge >= 0.3 is 11.9 Å². The van der Waals surface area contributed by atoms with E-state index in [0.29, 0.717) is 56.4 Å². The second-order valence-electron chi connectivity index (χ2n) is 9.80. The number of anilines is 2. The smallest absolute Gasteiger partial charge is 0.348 e. The van der Waals surface area contributed by atoms with E-state index in [-0.39, 0.29) is 24.4 Å². The Balaban J connectivity index is 1.77. The summed E-state index contributed by atoms with van der Waals surface area (Å²) in [5.74, 6) is -1.42. The van der Waals surface area contributed by atoms with Gasteiger partial charge in [-0.15, -0.1) is 0 Å². The molecule has 0 fully saturated rings. The van der Waals surface area contributed by atoms with Crippen LogP contribution in [-0.4, -0.2) is 57.9 Å². The third kappa shape index (κ3) is 12.3. The molecule has 0 heterocycles. The molecule has 10 heteroatoms. The van der Waals surface area contributed by atoms with Gasteiger partial charge in [0, 0.05) is 31.0 Å². The third-order valence-corrected chi connectivity index (χ3v) is 6.81. The lowest BCUT2D eigenvalue weighted by molar-refractivity contribution is -0.138. The zero-order chi connectivity index (χ0) is 32.9. The molecule has 2 rings (SSSR count). The summed E-state index contributed by atoms with van der Waals surface area (Å²) in [6.45, 7) is 14.4. The molecule has 0 saturated heterocycles. The van der Waals surface area contributed by atoms with Crippen molar-refractivity contribution in [3.63, 3.8) is 0 Å². The number of benzene rings is 2. The van der Waals surface area contributed by atoms with E-state index in [1.54, 1.807) is 12.1 Å². The van der Waals surface area contributed by atoms with Crippen LogP contribution in [-0.2, 0) is 19.1 Å². The first-order valence-electron chi connectivity index (χ1n) is 14.9. The highest BCUT2D eigenvalue weighted by Gasteiger charge is 2.13. The van der Waals surface area contributed by atoms with Gasteiger partial charge in [-0.1, -0.05) is 24.3 Å². The summed E-state index contributed by atoms with van der Waals surface area (Å²) in [4.78, 5) is 32.3. The van der Waals surface area contributed by atoms with Crippen molar-refractivity contribution in [2.24, 2.45) is 0 Å². The Morgan fingerprint density at radius 1 is 0.756 bits per heavy atom. The zero-order valence-corrected chi connectivity index (χ0v) is 25.9. The number of nitriles is 3. The summed E-state index contributed by atoms with van der Waals surface area (Å²) in [6, 6.07) is 20.7. The molecule has 232 valence electrons. The molecule has 0 N–H and O–H groups in total. The SMILES string of the molecule is [C-]#[N+]CCN(CC)c1ccc(/C=C(\C#N)C(=O)OCCCCCOC(=O)/C(C#N)=C/c2ccc(N(CC)CCC#N)cc2)cc1. The highest BCUT2D eigenvalue weighted by Crippen LogP contribution is 2.19. The standard InChI is InChI=1S/C35H38N6O4/c1-4-40(20-9-18-36)32-14-10-28(11-15-32)24-30(26-37)34(42)44-22-7-6-8-23-45-35(43)31(27-38)25-29-12-16-33(17-13-29)41(5-2)21-19-39-3/h10-17,24-25H,4-9,19-23H2,1-2H3/b30-24+,31-25+. The summed E-state index contributed by atoms with van der Waals surface area (Å²) >= 11 is 0. The number of likely N-dealkylation sites (N-methyl/N-ethyl adjacent to an activating group) is 1. The Morgan fingerprint density at radius 3 is 1.58 bits per heavy atom. The lowest BCUT2D eigenvalue weighted by Gasteiger charge is -2.21.